The summed E-state index contributed by atoms with van der Waals surface area (Å²) in [6.07, 6.45) is 1.49. The summed E-state index contributed by atoms with van der Waals surface area (Å²) in [6, 6.07) is 7.09. The largest absolute Gasteiger partial charge is 0.459 e. The highest BCUT2D eigenvalue weighted by Crippen LogP contribution is 2.21. The molecule has 0 atom stereocenters. The number of furan rings is 1. The molecule has 8 heteroatoms. The summed E-state index contributed by atoms with van der Waals surface area (Å²) in [7, 11) is 0. The van der Waals surface area contributed by atoms with Crippen molar-refractivity contribution in [1.82, 2.24) is 4.90 Å². The Balaban J connectivity index is 1.48. The maximum Gasteiger partial charge on any atom is 0.289 e. The Morgan fingerprint density at radius 1 is 1.38 bits per heavy atom. The SMILES string of the molecule is N#Cc1ccsc1NC(=O)C[NH+]1CCN(C(=O)c2ccco2)CC1. The third-order valence-electron chi connectivity index (χ3n) is 3.94. The summed E-state index contributed by atoms with van der Waals surface area (Å²) < 4.78 is 5.13. The van der Waals surface area contributed by atoms with E-state index in [1.165, 1.54) is 17.6 Å². The van der Waals surface area contributed by atoms with Gasteiger partial charge in [-0.15, -0.1) is 11.3 Å². The number of carbonyl (C=O) groups is 2. The highest BCUT2D eigenvalue weighted by molar-refractivity contribution is 7.14. The molecule has 1 saturated heterocycles. The van der Waals surface area contributed by atoms with E-state index < -0.39 is 0 Å². The summed E-state index contributed by atoms with van der Waals surface area (Å²) in [4.78, 5) is 27.2. The lowest BCUT2D eigenvalue weighted by Gasteiger charge is -2.31. The molecule has 2 aromatic rings. The van der Waals surface area contributed by atoms with E-state index in [4.69, 9.17) is 9.68 Å². The first-order valence-corrected chi connectivity index (χ1v) is 8.49. The van der Waals surface area contributed by atoms with Gasteiger partial charge in [0.2, 0.25) is 0 Å². The van der Waals surface area contributed by atoms with Crippen LogP contribution in [0.15, 0.2) is 34.3 Å². The molecule has 2 N–H and O–H groups in total. The standard InChI is InChI=1S/C16H16N4O3S/c17-10-12-3-9-24-15(12)18-14(21)11-19-4-6-20(7-5-19)16(22)13-2-1-8-23-13/h1-3,8-9H,4-7,11H2,(H,18,21)/p+1. The van der Waals surface area contributed by atoms with Crippen molar-refractivity contribution < 1.29 is 18.9 Å². The van der Waals surface area contributed by atoms with Gasteiger partial charge >= 0.3 is 0 Å². The first-order chi connectivity index (χ1) is 11.7. The summed E-state index contributed by atoms with van der Waals surface area (Å²) in [5.41, 5.74) is 0.484. The molecule has 0 unspecified atom stereocenters. The zero-order valence-corrected chi connectivity index (χ0v) is 13.8. The van der Waals surface area contributed by atoms with E-state index >= 15 is 0 Å². The zero-order valence-electron chi connectivity index (χ0n) is 12.9. The second-order valence-corrected chi connectivity index (χ2v) is 6.44. The van der Waals surface area contributed by atoms with Gasteiger partial charge < -0.3 is 19.5 Å². The second-order valence-electron chi connectivity index (χ2n) is 5.52. The van der Waals surface area contributed by atoms with E-state index in [0.29, 0.717) is 49.0 Å². The number of piperazine rings is 1. The molecule has 3 heterocycles. The Hall–Kier alpha value is -2.63. The minimum absolute atomic E-state index is 0.110. The van der Waals surface area contributed by atoms with Crippen LogP contribution in [-0.2, 0) is 4.79 Å². The number of hydrogen-bond donors (Lipinski definition) is 2. The van der Waals surface area contributed by atoms with Crippen molar-refractivity contribution >= 4 is 28.2 Å². The predicted molar refractivity (Wildman–Crippen MR) is 87.8 cm³/mol. The van der Waals surface area contributed by atoms with Gasteiger partial charge in [-0.2, -0.15) is 5.26 Å². The van der Waals surface area contributed by atoms with Crippen LogP contribution in [0.5, 0.6) is 0 Å². The van der Waals surface area contributed by atoms with Crippen molar-refractivity contribution in [2.45, 2.75) is 0 Å². The summed E-state index contributed by atoms with van der Waals surface area (Å²) >= 11 is 1.34. The Bertz CT molecular complexity index is 755. The molecule has 124 valence electrons. The zero-order chi connectivity index (χ0) is 16.9. The van der Waals surface area contributed by atoms with Gasteiger partial charge in [0.05, 0.1) is 38.0 Å². The molecule has 1 fully saturated rings. The number of anilines is 1. The number of carbonyl (C=O) groups excluding carboxylic acids is 2. The molecule has 0 aromatic carbocycles. The number of thiophene rings is 1. The van der Waals surface area contributed by atoms with Crippen molar-refractivity contribution in [2.24, 2.45) is 0 Å². The first kappa shape index (κ1) is 16.2. The van der Waals surface area contributed by atoms with Crippen molar-refractivity contribution in [3.63, 3.8) is 0 Å². The Morgan fingerprint density at radius 3 is 2.83 bits per heavy atom. The van der Waals surface area contributed by atoms with Crippen LogP contribution in [0.4, 0.5) is 5.00 Å². The average Bonchev–Trinajstić information content (AvgIpc) is 3.26. The maximum absolute atomic E-state index is 12.2. The Kier molecular flexibility index (Phi) is 4.93. The van der Waals surface area contributed by atoms with E-state index in [0.717, 1.165) is 4.90 Å². The van der Waals surface area contributed by atoms with Gasteiger partial charge in [-0.3, -0.25) is 9.59 Å². The average molecular weight is 345 g/mol. The van der Waals surface area contributed by atoms with E-state index in [2.05, 4.69) is 11.4 Å². The van der Waals surface area contributed by atoms with Crippen LogP contribution >= 0.6 is 11.3 Å². The normalized spacial score (nSPS) is 15.0. The van der Waals surface area contributed by atoms with Gasteiger partial charge in [-0.1, -0.05) is 0 Å². The molecular formula is C16H17N4O3S+. The Morgan fingerprint density at radius 2 is 2.17 bits per heavy atom. The number of rotatable bonds is 4. The number of quaternary nitrogens is 1. The van der Waals surface area contributed by atoms with E-state index in [9.17, 15) is 9.59 Å². The third kappa shape index (κ3) is 3.64. The van der Waals surface area contributed by atoms with Crippen LogP contribution < -0.4 is 10.2 Å². The van der Waals surface area contributed by atoms with Crippen molar-refractivity contribution in [2.75, 3.05) is 38.0 Å². The number of nitriles is 1. The van der Waals surface area contributed by atoms with Crippen LogP contribution in [0.3, 0.4) is 0 Å². The molecule has 24 heavy (non-hydrogen) atoms. The number of hydrogen-bond acceptors (Lipinski definition) is 5. The molecule has 0 radical (unpaired) electrons. The lowest BCUT2D eigenvalue weighted by molar-refractivity contribution is -0.895. The van der Waals surface area contributed by atoms with Gasteiger partial charge in [0.15, 0.2) is 12.3 Å². The molecule has 1 aliphatic heterocycles. The lowest BCUT2D eigenvalue weighted by Crippen LogP contribution is -3.15. The van der Waals surface area contributed by atoms with Crippen LogP contribution in [0.1, 0.15) is 16.1 Å². The van der Waals surface area contributed by atoms with Gasteiger partial charge in [-0.05, 0) is 23.6 Å². The van der Waals surface area contributed by atoms with Crippen molar-refractivity contribution in [1.29, 1.82) is 5.26 Å². The Labute approximate surface area is 143 Å². The number of amides is 2. The topological polar surface area (TPSA) is 90.8 Å². The third-order valence-corrected chi connectivity index (χ3v) is 4.77. The summed E-state index contributed by atoms with van der Waals surface area (Å²) in [5.74, 6) is 0.119. The van der Waals surface area contributed by atoms with Crippen LogP contribution in [0.2, 0.25) is 0 Å². The fourth-order valence-electron chi connectivity index (χ4n) is 2.65. The molecule has 2 amide bonds. The molecule has 0 spiro atoms. The number of nitrogens with one attached hydrogen (secondary N) is 2. The monoisotopic (exact) mass is 345 g/mol. The molecule has 3 rings (SSSR count). The molecule has 1 aliphatic rings. The molecule has 7 nitrogen and oxygen atoms in total. The maximum atomic E-state index is 12.2. The van der Waals surface area contributed by atoms with Crippen LogP contribution in [0, 0.1) is 11.3 Å². The minimum atomic E-state index is -0.116. The second kappa shape index (κ2) is 7.29. The highest BCUT2D eigenvalue weighted by atomic mass is 32.1. The predicted octanol–water partition coefficient (Wildman–Crippen LogP) is 0.192. The van der Waals surface area contributed by atoms with Gasteiger partial charge in [-0.25, -0.2) is 0 Å². The van der Waals surface area contributed by atoms with E-state index in [1.807, 2.05) is 0 Å². The van der Waals surface area contributed by atoms with Gasteiger partial charge in [0.25, 0.3) is 11.8 Å². The quantitative estimate of drug-likeness (QED) is 0.828. The summed E-state index contributed by atoms with van der Waals surface area (Å²) in [6.45, 7) is 2.91. The smallest absolute Gasteiger partial charge is 0.289 e. The fraction of sp³-hybridized carbons (Fsp3) is 0.312. The van der Waals surface area contributed by atoms with Gasteiger partial charge in [0, 0.05) is 0 Å². The van der Waals surface area contributed by atoms with Crippen molar-refractivity contribution in [3.8, 4) is 6.07 Å². The molecular weight excluding hydrogens is 328 g/mol. The summed E-state index contributed by atoms with van der Waals surface area (Å²) in [5, 5.41) is 14.1. The first-order valence-electron chi connectivity index (χ1n) is 7.61. The fourth-order valence-corrected chi connectivity index (χ4v) is 3.40. The van der Waals surface area contributed by atoms with E-state index in [-0.39, 0.29) is 11.8 Å². The van der Waals surface area contributed by atoms with Crippen LogP contribution in [0.25, 0.3) is 0 Å². The molecule has 0 aliphatic carbocycles. The van der Waals surface area contributed by atoms with Crippen LogP contribution in [-0.4, -0.2) is 49.4 Å². The van der Waals surface area contributed by atoms with Crippen molar-refractivity contribution in [3.05, 3.63) is 41.2 Å². The van der Waals surface area contributed by atoms with E-state index in [1.54, 1.807) is 28.5 Å². The number of nitrogens with zero attached hydrogens (tertiary/aromatic N) is 2. The minimum Gasteiger partial charge on any atom is -0.459 e. The molecule has 0 saturated carbocycles. The lowest BCUT2D eigenvalue weighted by atomic mass is 10.2. The molecule has 0 bridgehead atoms. The van der Waals surface area contributed by atoms with Gasteiger partial charge in [0.1, 0.15) is 11.1 Å². The molecule has 2 aromatic heterocycles. The highest BCUT2D eigenvalue weighted by Gasteiger charge is 2.27.